The Balaban J connectivity index is 1.64. The van der Waals surface area contributed by atoms with Crippen molar-refractivity contribution in [1.82, 2.24) is 20.3 Å². The van der Waals surface area contributed by atoms with E-state index >= 15 is 0 Å². The number of carbonyl (C=O) groups is 1. The summed E-state index contributed by atoms with van der Waals surface area (Å²) < 4.78 is 18.3. The summed E-state index contributed by atoms with van der Waals surface area (Å²) >= 11 is 0. The molecule has 0 atom stereocenters. The summed E-state index contributed by atoms with van der Waals surface area (Å²) in [4.78, 5) is 16.2. The first-order valence-corrected chi connectivity index (χ1v) is 7.70. The minimum absolute atomic E-state index is 0.178. The number of anilines is 1. The second kappa shape index (κ2) is 7.16. The maximum atomic E-state index is 13.0. The van der Waals surface area contributed by atoms with Gasteiger partial charge in [0.1, 0.15) is 5.82 Å². The summed E-state index contributed by atoms with van der Waals surface area (Å²) in [5, 5.41) is 14.1. The molecule has 25 heavy (non-hydrogen) atoms. The van der Waals surface area contributed by atoms with E-state index in [4.69, 9.17) is 4.52 Å². The first-order chi connectivity index (χ1) is 12.0. The summed E-state index contributed by atoms with van der Waals surface area (Å²) in [6, 6.07) is 5.90. The normalized spacial score (nSPS) is 10.7. The van der Waals surface area contributed by atoms with Crippen LogP contribution in [0.5, 0.6) is 0 Å². The molecule has 0 spiro atoms. The SMILES string of the molecule is Cc1nnc(NC(=O)CCc2cnoc2-c2ccc(F)cc2)nc1C. The molecule has 1 N–H and O–H groups in total. The summed E-state index contributed by atoms with van der Waals surface area (Å²) in [5.41, 5.74) is 2.89. The Morgan fingerprint density at radius 3 is 2.64 bits per heavy atom. The zero-order valence-corrected chi connectivity index (χ0v) is 13.8. The molecule has 0 aliphatic carbocycles. The average Bonchev–Trinajstić information content (AvgIpc) is 3.06. The number of benzene rings is 1. The average molecular weight is 341 g/mol. The molecule has 0 saturated carbocycles. The number of amides is 1. The van der Waals surface area contributed by atoms with Crippen molar-refractivity contribution < 1.29 is 13.7 Å². The second-order valence-corrected chi connectivity index (χ2v) is 5.54. The van der Waals surface area contributed by atoms with Crippen LogP contribution in [0.4, 0.5) is 10.3 Å². The molecule has 1 amide bonds. The lowest BCUT2D eigenvalue weighted by atomic mass is 10.1. The van der Waals surface area contributed by atoms with E-state index in [2.05, 4.69) is 25.7 Å². The van der Waals surface area contributed by atoms with Gasteiger partial charge >= 0.3 is 0 Å². The minimum atomic E-state index is -0.328. The predicted molar refractivity (Wildman–Crippen MR) is 88.1 cm³/mol. The molecule has 1 aromatic carbocycles. The highest BCUT2D eigenvalue weighted by molar-refractivity contribution is 5.89. The number of nitrogens with zero attached hydrogens (tertiary/aromatic N) is 4. The van der Waals surface area contributed by atoms with Gasteiger partial charge in [0.2, 0.25) is 11.9 Å². The van der Waals surface area contributed by atoms with Gasteiger partial charge in [0.05, 0.1) is 17.6 Å². The third kappa shape index (κ3) is 4.03. The zero-order chi connectivity index (χ0) is 17.8. The molecule has 0 radical (unpaired) electrons. The molecule has 128 valence electrons. The first-order valence-electron chi connectivity index (χ1n) is 7.70. The molecular weight excluding hydrogens is 325 g/mol. The highest BCUT2D eigenvalue weighted by Gasteiger charge is 2.13. The predicted octanol–water partition coefficient (Wildman–Crippen LogP) is 2.85. The molecular formula is C17H16FN5O2. The van der Waals surface area contributed by atoms with E-state index in [1.807, 2.05) is 0 Å². The quantitative estimate of drug-likeness (QED) is 0.767. The van der Waals surface area contributed by atoms with Gasteiger partial charge in [-0.2, -0.15) is 5.10 Å². The van der Waals surface area contributed by atoms with Gasteiger partial charge in [0.25, 0.3) is 0 Å². The van der Waals surface area contributed by atoms with Crippen LogP contribution in [0.3, 0.4) is 0 Å². The van der Waals surface area contributed by atoms with Gasteiger partial charge in [0.15, 0.2) is 5.76 Å². The van der Waals surface area contributed by atoms with Crippen LogP contribution >= 0.6 is 0 Å². The van der Waals surface area contributed by atoms with Crippen LogP contribution in [0, 0.1) is 19.7 Å². The first kappa shape index (κ1) is 16.7. The molecule has 2 aromatic heterocycles. The molecule has 7 nitrogen and oxygen atoms in total. The smallest absolute Gasteiger partial charge is 0.249 e. The standard InChI is InChI=1S/C17H16FN5O2/c1-10-11(2)22-23-17(20-10)21-15(24)8-5-13-9-19-25-16(13)12-3-6-14(18)7-4-12/h3-4,6-7,9H,5,8H2,1-2H3,(H,20,21,23,24). The third-order valence-electron chi connectivity index (χ3n) is 3.72. The fourth-order valence-corrected chi connectivity index (χ4v) is 2.22. The summed E-state index contributed by atoms with van der Waals surface area (Å²) in [7, 11) is 0. The van der Waals surface area contributed by atoms with E-state index in [1.165, 1.54) is 12.1 Å². The van der Waals surface area contributed by atoms with E-state index < -0.39 is 0 Å². The van der Waals surface area contributed by atoms with E-state index in [1.54, 1.807) is 32.2 Å². The lowest BCUT2D eigenvalue weighted by Gasteiger charge is -2.05. The number of carbonyl (C=O) groups excluding carboxylic acids is 1. The highest BCUT2D eigenvalue weighted by atomic mass is 19.1. The molecule has 0 bridgehead atoms. The van der Waals surface area contributed by atoms with Crippen LogP contribution < -0.4 is 5.32 Å². The Hall–Kier alpha value is -3.16. The van der Waals surface area contributed by atoms with E-state index in [9.17, 15) is 9.18 Å². The van der Waals surface area contributed by atoms with Crippen molar-refractivity contribution >= 4 is 11.9 Å². The number of aromatic nitrogens is 4. The Labute approximate surface area is 143 Å². The third-order valence-corrected chi connectivity index (χ3v) is 3.72. The molecule has 0 aliphatic heterocycles. The van der Waals surface area contributed by atoms with Gasteiger partial charge in [0, 0.05) is 17.5 Å². The van der Waals surface area contributed by atoms with Crippen LogP contribution in [-0.2, 0) is 11.2 Å². The van der Waals surface area contributed by atoms with Crippen LogP contribution in [0.15, 0.2) is 35.0 Å². The molecule has 3 rings (SSSR count). The van der Waals surface area contributed by atoms with Crippen LogP contribution in [0.25, 0.3) is 11.3 Å². The number of nitrogens with one attached hydrogen (secondary N) is 1. The summed E-state index contributed by atoms with van der Waals surface area (Å²) in [5.74, 6) is 0.136. The van der Waals surface area contributed by atoms with Gasteiger partial charge in [-0.15, -0.1) is 5.10 Å². The monoisotopic (exact) mass is 341 g/mol. The lowest BCUT2D eigenvalue weighted by molar-refractivity contribution is -0.116. The zero-order valence-electron chi connectivity index (χ0n) is 13.8. The molecule has 0 aliphatic rings. The molecule has 0 unspecified atom stereocenters. The number of hydrogen-bond acceptors (Lipinski definition) is 6. The summed E-state index contributed by atoms with van der Waals surface area (Å²) in [6.45, 7) is 3.59. The number of rotatable bonds is 5. The number of halogens is 1. The van der Waals surface area contributed by atoms with E-state index in [-0.39, 0.29) is 24.1 Å². The molecule has 8 heteroatoms. The van der Waals surface area contributed by atoms with Crippen molar-refractivity contribution in [2.24, 2.45) is 0 Å². The topological polar surface area (TPSA) is 93.8 Å². The van der Waals surface area contributed by atoms with Gasteiger partial charge in [-0.05, 0) is 44.5 Å². The molecule has 3 aromatic rings. The summed E-state index contributed by atoms with van der Waals surface area (Å²) in [6.07, 6.45) is 2.17. The lowest BCUT2D eigenvalue weighted by Crippen LogP contribution is -2.16. The second-order valence-electron chi connectivity index (χ2n) is 5.54. The van der Waals surface area contributed by atoms with Crippen LogP contribution in [-0.4, -0.2) is 26.2 Å². The fourth-order valence-electron chi connectivity index (χ4n) is 2.22. The maximum Gasteiger partial charge on any atom is 0.249 e. The van der Waals surface area contributed by atoms with Crippen molar-refractivity contribution in [3.05, 3.63) is 53.2 Å². The molecule has 2 heterocycles. The van der Waals surface area contributed by atoms with Crippen molar-refractivity contribution in [3.8, 4) is 11.3 Å². The Morgan fingerprint density at radius 2 is 1.92 bits per heavy atom. The van der Waals surface area contributed by atoms with Crippen molar-refractivity contribution in [2.45, 2.75) is 26.7 Å². The highest BCUT2D eigenvalue weighted by Crippen LogP contribution is 2.24. The van der Waals surface area contributed by atoms with Crippen molar-refractivity contribution in [1.29, 1.82) is 0 Å². The number of hydrogen-bond donors (Lipinski definition) is 1. The number of aryl methyl sites for hydroxylation is 3. The van der Waals surface area contributed by atoms with Gasteiger partial charge in [-0.3, -0.25) is 10.1 Å². The maximum absolute atomic E-state index is 13.0. The Bertz CT molecular complexity index is 892. The van der Waals surface area contributed by atoms with Crippen molar-refractivity contribution in [3.63, 3.8) is 0 Å². The van der Waals surface area contributed by atoms with E-state index in [0.717, 1.165) is 5.56 Å². The van der Waals surface area contributed by atoms with Gasteiger partial charge < -0.3 is 4.52 Å². The Morgan fingerprint density at radius 1 is 1.16 bits per heavy atom. The van der Waals surface area contributed by atoms with Crippen molar-refractivity contribution in [2.75, 3.05) is 5.32 Å². The van der Waals surface area contributed by atoms with Crippen LogP contribution in [0.2, 0.25) is 0 Å². The largest absolute Gasteiger partial charge is 0.356 e. The van der Waals surface area contributed by atoms with Gasteiger partial charge in [-0.25, -0.2) is 9.37 Å². The molecule has 0 saturated heterocycles. The van der Waals surface area contributed by atoms with Gasteiger partial charge in [-0.1, -0.05) is 5.16 Å². The van der Waals surface area contributed by atoms with E-state index in [0.29, 0.717) is 29.1 Å². The Kier molecular flexibility index (Phi) is 4.78. The minimum Gasteiger partial charge on any atom is -0.356 e. The fraction of sp³-hybridized carbons (Fsp3) is 0.235. The van der Waals surface area contributed by atoms with Crippen LogP contribution in [0.1, 0.15) is 23.4 Å². The molecule has 0 fully saturated rings.